The molecule has 0 aliphatic carbocycles. The first kappa shape index (κ1) is 29.4. The lowest BCUT2D eigenvalue weighted by atomic mass is 10.2. The number of aromatic nitrogens is 2. The average molecular weight is 519 g/mol. The molecule has 192 valence electrons. The first-order valence-corrected chi connectivity index (χ1v) is 10.4. The van der Waals surface area contributed by atoms with Gasteiger partial charge in [-0.3, -0.25) is 4.90 Å². The molecule has 34 heavy (non-hydrogen) atoms. The number of carboxylic acid groups (broad SMARTS) is 2. The molecule has 1 aliphatic rings. The topological polar surface area (TPSA) is 105 Å². The molecule has 0 bridgehead atoms. The van der Waals surface area contributed by atoms with Gasteiger partial charge in [-0.1, -0.05) is 0 Å². The van der Waals surface area contributed by atoms with Crippen LogP contribution in [0.2, 0.25) is 0 Å². The van der Waals surface area contributed by atoms with Gasteiger partial charge in [-0.25, -0.2) is 14.6 Å². The Morgan fingerprint density at radius 3 is 2.09 bits per heavy atom. The highest BCUT2D eigenvalue weighted by Crippen LogP contribution is 2.22. The zero-order valence-electron chi connectivity index (χ0n) is 18.1. The number of aliphatic carboxylic acids is 2. The molecule has 0 fully saturated rings. The van der Waals surface area contributed by atoms with Crippen LogP contribution in [0.5, 0.6) is 0 Å². The normalized spacial score (nSPS) is 13.8. The predicted octanol–water partition coefficient (Wildman–Crippen LogP) is 4.07. The minimum absolute atomic E-state index is 0.630. The molecule has 3 rings (SSSR count). The van der Waals surface area contributed by atoms with Gasteiger partial charge in [0.15, 0.2) is 0 Å². The third kappa shape index (κ3) is 10.1. The number of imidazole rings is 1. The molecule has 15 heteroatoms. The van der Waals surface area contributed by atoms with Gasteiger partial charge < -0.3 is 19.5 Å². The molecular formula is C19H23F6N3O5S. The Hall–Kier alpha value is -2.65. The van der Waals surface area contributed by atoms with E-state index in [-0.39, 0.29) is 0 Å². The average Bonchev–Trinajstić information content (AvgIpc) is 3.31. The largest absolute Gasteiger partial charge is 0.490 e. The number of hydrogen-bond acceptors (Lipinski definition) is 6. The Morgan fingerprint density at radius 2 is 1.65 bits per heavy atom. The molecule has 0 atom stereocenters. The Balaban J connectivity index is 0.000000343. The quantitative estimate of drug-likeness (QED) is 0.574. The van der Waals surface area contributed by atoms with Gasteiger partial charge in [-0.05, 0) is 26.0 Å². The highest BCUT2D eigenvalue weighted by atomic mass is 32.1. The second-order valence-corrected chi connectivity index (χ2v) is 8.17. The molecule has 0 unspecified atom stereocenters. The van der Waals surface area contributed by atoms with E-state index >= 15 is 0 Å². The zero-order chi connectivity index (χ0) is 26.1. The Kier molecular flexibility index (Phi) is 11.0. The van der Waals surface area contributed by atoms with Crippen molar-refractivity contribution in [2.75, 3.05) is 13.2 Å². The number of thiophene rings is 1. The lowest BCUT2D eigenvalue weighted by Crippen LogP contribution is -2.33. The highest BCUT2D eigenvalue weighted by Gasteiger charge is 2.38. The molecule has 0 amide bonds. The second-order valence-electron chi connectivity index (χ2n) is 6.80. The predicted molar refractivity (Wildman–Crippen MR) is 108 cm³/mol. The molecule has 0 spiro atoms. The summed E-state index contributed by atoms with van der Waals surface area (Å²) < 4.78 is 71.2. The van der Waals surface area contributed by atoms with Crippen molar-refractivity contribution < 1.29 is 50.9 Å². The van der Waals surface area contributed by atoms with E-state index in [1.165, 1.54) is 15.4 Å². The van der Waals surface area contributed by atoms with Crippen LogP contribution in [0.1, 0.15) is 28.1 Å². The Morgan fingerprint density at radius 1 is 1.09 bits per heavy atom. The molecule has 2 N–H and O–H groups in total. The molecule has 1 aliphatic heterocycles. The number of alkyl halides is 6. The number of ether oxygens (including phenoxy) is 1. The fourth-order valence-corrected chi connectivity index (χ4v) is 3.54. The molecule has 0 saturated carbocycles. The molecule has 8 nitrogen and oxygen atoms in total. The van der Waals surface area contributed by atoms with E-state index in [0.717, 1.165) is 38.5 Å². The van der Waals surface area contributed by atoms with Crippen LogP contribution in [-0.2, 0) is 40.6 Å². The summed E-state index contributed by atoms with van der Waals surface area (Å²) in [7, 11) is 0. The summed E-state index contributed by atoms with van der Waals surface area (Å²) in [5, 5.41) is 14.2. The van der Waals surface area contributed by atoms with E-state index in [1.54, 1.807) is 0 Å². The van der Waals surface area contributed by atoms with Crippen LogP contribution in [0.25, 0.3) is 0 Å². The van der Waals surface area contributed by atoms with E-state index in [1.807, 2.05) is 24.6 Å². The summed E-state index contributed by atoms with van der Waals surface area (Å²) in [4.78, 5) is 27.6. The second kappa shape index (κ2) is 12.7. The minimum atomic E-state index is -5.08. The third-order valence-electron chi connectivity index (χ3n) is 4.17. The highest BCUT2D eigenvalue weighted by molar-refractivity contribution is 7.11. The van der Waals surface area contributed by atoms with Gasteiger partial charge >= 0.3 is 24.3 Å². The van der Waals surface area contributed by atoms with E-state index in [9.17, 15) is 26.3 Å². The first-order chi connectivity index (χ1) is 15.6. The van der Waals surface area contributed by atoms with Crippen molar-refractivity contribution in [3.63, 3.8) is 0 Å². The molecule has 0 saturated heterocycles. The maximum atomic E-state index is 10.6. The van der Waals surface area contributed by atoms with E-state index in [2.05, 4.69) is 33.5 Å². The number of carboxylic acids is 2. The summed E-state index contributed by atoms with van der Waals surface area (Å²) in [6.07, 6.45) is -8.21. The standard InChI is InChI=1S/C15H21N3OS.2C2HF3O2/c1-3-19-10-14-15-9-17(6-7-18(15)11-16-14)8-13-5-4-12(2)20-13;2*3-2(4,5)1(6)7/h4-5,11H,3,6-10H2,1-2H3;2*(H,6,7). The number of rotatable bonds is 5. The van der Waals surface area contributed by atoms with Crippen LogP contribution >= 0.6 is 11.3 Å². The monoisotopic (exact) mass is 519 g/mol. The number of carbonyl (C=O) groups is 2. The Labute approximate surface area is 194 Å². The first-order valence-electron chi connectivity index (χ1n) is 9.63. The van der Waals surface area contributed by atoms with Crippen molar-refractivity contribution in [1.82, 2.24) is 14.5 Å². The number of aryl methyl sites for hydroxylation is 1. The zero-order valence-corrected chi connectivity index (χ0v) is 18.9. The van der Waals surface area contributed by atoms with Gasteiger partial charge in [0.1, 0.15) is 0 Å². The SMILES string of the molecule is CCOCc1ncn2c1CN(Cc1ccc(C)s1)CC2.O=C(O)C(F)(F)F.O=C(O)C(F)(F)F. The summed E-state index contributed by atoms with van der Waals surface area (Å²) in [5.41, 5.74) is 2.41. The fourth-order valence-electron chi connectivity index (χ4n) is 2.61. The van der Waals surface area contributed by atoms with Crippen molar-refractivity contribution in [2.24, 2.45) is 0 Å². The number of nitrogens with zero attached hydrogens (tertiary/aromatic N) is 3. The number of fused-ring (bicyclic) bond motifs is 1. The molecule has 3 heterocycles. The van der Waals surface area contributed by atoms with E-state index in [4.69, 9.17) is 24.5 Å². The smallest absolute Gasteiger partial charge is 0.475 e. The lowest BCUT2D eigenvalue weighted by Gasteiger charge is -2.28. The summed E-state index contributed by atoms with van der Waals surface area (Å²) in [6.45, 7) is 9.69. The molecular weight excluding hydrogens is 496 g/mol. The van der Waals surface area contributed by atoms with Crippen LogP contribution in [0.4, 0.5) is 26.3 Å². The Bertz CT molecular complexity index is 918. The maximum Gasteiger partial charge on any atom is 0.490 e. The van der Waals surface area contributed by atoms with Gasteiger partial charge in [0.25, 0.3) is 0 Å². The molecule has 0 radical (unpaired) electrons. The number of halogens is 6. The van der Waals surface area contributed by atoms with Crippen LogP contribution in [0.15, 0.2) is 18.5 Å². The van der Waals surface area contributed by atoms with Crippen LogP contribution < -0.4 is 0 Å². The van der Waals surface area contributed by atoms with Crippen LogP contribution in [-0.4, -0.2) is 62.1 Å². The number of hydrogen-bond donors (Lipinski definition) is 2. The van der Waals surface area contributed by atoms with Gasteiger partial charge in [-0.2, -0.15) is 26.3 Å². The third-order valence-corrected chi connectivity index (χ3v) is 5.15. The van der Waals surface area contributed by atoms with Crippen molar-refractivity contribution >= 4 is 23.3 Å². The van der Waals surface area contributed by atoms with Gasteiger partial charge in [0.2, 0.25) is 0 Å². The van der Waals surface area contributed by atoms with E-state index in [0.29, 0.717) is 6.61 Å². The molecule has 2 aromatic heterocycles. The summed E-state index contributed by atoms with van der Waals surface area (Å²) in [5.74, 6) is -5.51. The van der Waals surface area contributed by atoms with Crippen LogP contribution in [0, 0.1) is 6.92 Å². The molecule has 0 aromatic carbocycles. The van der Waals surface area contributed by atoms with Gasteiger partial charge in [0.05, 0.1) is 24.3 Å². The van der Waals surface area contributed by atoms with E-state index < -0.39 is 24.3 Å². The van der Waals surface area contributed by atoms with Crippen molar-refractivity contribution in [3.8, 4) is 0 Å². The van der Waals surface area contributed by atoms with Crippen molar-refractivity contribution in [2.45, 2.75) is 52.4 Å². The van der Waals surface area contributed by atoms with Crippen molar-refractivity contribution in [1.29, 1.82) is 0 Å². The van der Waals surface area contributed by atoms with Crippen LogP contribution in [0.3, 0.4) is 0 Å². The van der Waals surface area contributed by atoms with Gasteiger partial charge in [-0.15, -0.1) is 11.3 Å². The van der Waals surface area contributed by atoms with Gasteiger partial charge in [0, 0.05) is 42.5 Å². The minimum Gasteiger partial charge on any atom is -0.475 e. The van der Waals surface area contributed by atoms with Crippen molar-refractivity contribution in [3.05, 3.63) is 39.6 Å². The fraction of sp³-hybridized carbons (Fsp3) is 0.526. The summed E-state index contributed by atoms with van der Waals surface area (Å²) in [6, 6.07) is 4.45. The summed E-state index contributed by atoms with van der Waals surface area (Å²) >= 11 is 1.89. The maximum absolute atomic E-state index is 10.6. The lowest BCUT2D eigenvalue weighted by molar-refractivity contribution is -0.193. The molecule has 2 aromatic rings.